The molecule has 0 saturated heterocycles. The summed E-state index contributed by atoms with van der Waals surface area (Å²) in [6.07, 6.45) is -3.46. The van der Waals surface area contributed by atoms with E-state index in [-0.39, 0.29) is 11.7 Å². The third-order valence-electron chi connectivity index (χ3n) is 1.03. The predicted molar refractivity (Wildman–Crippen MR) is 41.0 cm³/mol. The lowest BCUT2D eigenvalue weighted by Gasteiger charge is -2.08. The van der Waals surface area contributed by atoms with Crippen LogP contribution >= 0.6 is 0 Å². The standard InChI is InChI=1S/C8H12F2O2/c1-5(2)12-8(11)6(3)4-7(9)10/h5,7H,3-4H2,1-2H3. The van der Waals surface area contributed by atoms with Gasteiger partial charge in [-0.1, -0.05) is 6.58 Å². The Kier molecular flexibility index (Phi) is 4.47. The van der Waals surface area contributed by atoms with E-state index in [0.717, 1.165) is 0 Å². The minimum atomic E-state index is -2.54. The maximum absolute atomic E-state index is 11.7. The molecule has 0 rings (SSSR count). The number of esters is 1. The first-order valence-corrected chi connectivity index (χ1v) is 3.60. The fourth-order valence-electron chi connectivity index (χ4n) is 0.567. The van der Waals surface area contributed by atoms with Crippen molar-refractivity contribution in [2.45, 2.75) is 32.8 Å². The Morgan fingerprint density at radius 2 is 2.00 bits per heavy atom. The molecule has 4 heteroatoms. The highest BCUT2D eigenvalue weighted by Crippen LogP contribution is 2.10. The summed E-state index contributed by atoms with van der Waals surface area (Å²) < 4.78 is 28.1. The highest BCUT2D eigenvalue weighted by molar-refractivity contribution is 5.87. The topological polar surface area (TPSA) is 26.3 Å². The third-order valence-corrected chi connectivity index (χ3v) is 1.03. The number of rotatable bonds is 4. The molecule has 0 heterocycles. The number of hydrogen-bond acceptors (Lipinski definition) is 2. The van der Waals surface area contributed by atoms with Crippen molar-refractivity contribution in [1.82, 2.24) is 0 Å². The molecule has 0 radical (unpaired) electrons. The van der Waals surface area contributed by atoms with Gasteiger partial charge >= 0.3 is 5.97 Å². The van der Waals surface area contributed by atoms with Crippen LogP contribution in [0.2, 0.25) is 0 Å². The summed E-state index contributed by atoms with van der Waals surface area (Å²) in [5.41, 5.74) is -0.182. The first kappa shape index (κ1) is 11.1. The Labute approximate surface area is 70.2 Å². The molecular weight excluding hydrogens is 166 g/mol. The van der Waals surface area contributed by atoms with E-state index in [2.05, 4.69) is 11.3 Å². The van der Waals surface area contributed by atoms with E-state index < -0.39 is 18.8 Å². The van der Waals surface area contributed by atoms with Crippen LogP contribution in [-0.2, 0) is 9.53 Å². The molecule has 0 fully saturated rings. The predicted octanol–water partition coefficient (Wildman–Crippen LogP) is 2.15. The number of hydrogen-bond donors (Lipinski definition) is 0. The van der Waals surface area contributed by atoms with Gasteiger partial charge in [0.15, 0.2) is 0 Å². The molecule has 0 spiro atoms. The van der Waals surface area contributed by atoms with Gasteiger partial charge in [-0.15, -0.1) is 0 Å². The van der Waals surface area contributed by atoms with Crippen LogP contribution < -0.4 is 0 Å². The van der Waals surface area contributed by atoms with Crippen molar-refractivity contribution in [1.29, 1.82) is 0 Å². The lowest BCUT2D eigenvalue weighted by Crippen LogP contribution is -2.14. The Morgan fingerprint density at radius 1 is 1.50 bits per heavy atom. The number of ether oxygens (including phenoxy) is 1. The fraction of sp³-hybridized carbons (Fsp3) is 0.625. The van der Waals surface area contributed by atoms with Crippen LogP contribution in [0.25, 0.3) is 0 Å². The van der Waals surface area contributed by atoms with Crippen molar-refractivity contribution < 1.29 is 18.3 Å². The van der Waals surface area contributed by atoms with Gasteiger partial charge in [0.1, 0.15) is 0 Å². The van der Waals surface area contributed by atoms with E-state index in [1.165, 1.54) is 0 Å². The molecule has 0 aliphatic rings. The van der Waals surface area contributed by atoms with Crippen LogP contribution in [-0.4, -0.2) is 18.5 Å². The first-order chi connectivity index (χ1) is 5.43. The van der Waals surface area contributed by atoms with Gasteiger partial charge in [-0.3, -0.25) is 0 Å². The molecule has 0 bridgehead atoms. The van der Waals surface area contributed by atoms with Crippen LogP contribution in [0.3, 0.4) is 0 Å². The van der Waals surface area contributed by atoms with E-state index in [0.29, 0.717) is 0 Å². The maximum Gasteiger partial charge on any atom is 0.333 e. The van der Waals surface area contributed by atoms with Crippen LogP contribution in [0.4, 0.5) is 8.78 Å². The Hall–Kier alpha value is -0.930. The van der Waals surface area contributed by atoms with Gasteiger partial charge in [-0.25, -0.2) is 13.6 Å². The van der Waals surface area contributed by atoms with Crippen LogP contribution in [0.15, 0.2) is 12.2 Å². The largest absolute Gasteiger partial charge is 0.460 e. The maximum atomic E-state index is 11.7. The monoisotopic (exact) mass is 178 g/mol. The molecule has 0 N–H and O–H groups in total. The lowest BCUT2D eigenvalue weighted by molar-refractivity contribution is -0.143. The Bertz CT molecular complexity index is 156. The average molecular weight is 178 g/mol. The molecule has 0 aliphatic heterocycles. The quantitative estimate of drug-likeness (QED) is 0.487. The van der Waals surface area contributed by atoms with Gasteiger partial charge in [-0.2, -0.15) is 0 Å². The van der Waals surface area contributed by atoms with E-state index in [9.17, 15) is 13.6 Å². The number of carbonyl (C=O) groups is 1. The van der Waals surface area contributed by atoms with Crippen LogP contribution in [0.5, 0.6) is 0 Å². The number of carbonyl (C=O) groups excluding carboxylic acids is 1. The summed E-state index contributed by atoms with van der Waals surface area (Å²) >= 11 is 0. The molecule has 0 aromatic heterocycles. The number of halogens is 2. The minimum absolute atomic E-state index is 0.182. The van der Waals surface area contributed by atoms with Gasteiger partial charge in [-0.05, 0) is 13.8 Å². The van der Waals surface area contributed by atoms with Gasteiger partial charge < -0.3 is 4.74 Å². The van der Waals surface area contributed by atoms with E-state index >= 15 is 0 Å². The van der Waals surface area contributed by atoms with Gasteiger partial charge in [0.25, 0.3) is 0 Å². The second-order valence-electron chi connectivity index (χ2n) is 2.65. The van der Waals surface area contributed by atoms with E-state index in [1.807, 2.05) is 0 Å². The summed E-state index contributed by atoms with van der Waals surface area (Å²) in [5.74, 6) is -0.745. The molecule has 0 aliphatic carbocycles. The van der Waals surface area contributed by atoms with Crippen molar-refractivity contribution in [3.8, 4) is 0 Å². The van der Waals surface area contributed by atoms with Gasteiger partial charge in [0.05, 0.1) is 6.10 Å². The van der Waals surface area contributed by atoms with Gasteiger partial charge in [0, 0.05) is 12.0 Å². The average Bonchev–Trinajstić information content (AvgIpc) is 1.84. The summed E-state index contributed by atoms with van der Waals surface area (Å²) in [6, 6.07) is 0. The first-order valence-electron chi connectivity index (χ1n) is 3.60. The minimum Gasteiger partial charge on any atom is -0.460 e. The second kappa shape index (κ2) is 4.85. The molecule has 0 atom stereocenters. The molecule has 0 unspecified atom stereocenters. The smallest absolute Gasteiger partial charge is 0.333 e. The lowest BCUT2D eigenvalue weighted by atomic mass is 10.2. The summed E-state index contributed by atoms with van der Waals surface area (Å²) in [4.78, 5) is 10.8. The molecule has 0 saturated carbocycles. The molecule has 0 amide bonds. The zero-order chi connectivity index (χ0) is 9.72. The Balaban J connectivity index is 3.86. The van der Waals surface area contributed by atoms with E-state index in [1.54, 1.807) is 13.8 Å². The van der Waals surface area contributed by atoms with Crippen LogP contribution in [0.1, 0.15) is 20.3 Å². The van der Waals surface area contributed by atoms with Crippen molar-refractivity contribution >= 4 is 5.97 Å². The summed E-state index contributed by atoms with van der Waals surface area (Å²) in [5, 5.41) is 0. The van der Waals surface area contributed by atoms with Crippen molar-refractivity contribution in [3.05, 3.63) is 12.2 Å². The van der Waals surface area contributed by atoms with Crippen molar-refractivity contribution in [2.24, 2.45) is 0 Å². The summed E-state index contributed by atoms with van der Waals surface area (Å²) in [6.45, 7) is 6.49. The molecule has 2 nitrogen and oxygen atoms in total. The third kappa shape index (κ3) is 4.82. The molecule has 0 aromatic carbocycles. The highest BCUT2D eigenvalue weighted by Gasteiger charge is 2.14. The van der Waals surface area contributed by atoms with Crippen molar-refractivity contribution in [3.63, 3.8) is 0 Å². The van der Waals surface area contributed by atoms with E-state index in [4.69, 9.17) is 0 Å². The SMILES string of the molecule is C=C(CC(F)F)C(=O)OC(C)C. The molecular formula is C8H12F2O2. The summed E-state index contributed by atoms with van der Waals surface area (Å²) in [7, 11) is 0. The Morgan fingerprint density at radius 3 is 2.33 bits per heavy atom. The van der Waals surface area contributed by atoms with Crippen molar-refractivity contribution in [2.75, 3.05) is 0 Å². The highest BCUT2D eigenvalue weighted by atomic mass is 19.3. The molecule has 0 aromatic rings. The zero-order valence-corrected chi connectivity index (χ0v) is 7.14. The molecule has 12 heavy (non-hydrogen) atoms. The normalized spacial score (nSPS) is 10.5. The zero-order valence-electron chi connectivity index (χ0n) is 7.14. The molecule has 70 valence electrons. The van der Waals surface area contributed by atoms with Gasteiger partial charge in [0.2, 0.25) is 6.43 Å². The number of alkyl halides is 2. The second-order valence-corrected chi connectivity index (χ2v) is 2.65. The fourth-order valence-corrected chi connectivity index (χ4v) is 0.567. The van der Waals surface area contributed by atoms with Crippen LogP contribution in [0, 0.1) is 0 Å².